The summed E-state index contributed by atoms with van der Waals surface area (Å²) >= 11 is 0. The number of hydrogen-bond acceptors (Lipinski definition) is 2. The fraction of sp³-hybridized carbons (Fsp3) is 0.941. The Labute approximate surface area is 126 Å². The van der Waals surface area contributed by atoms with Crippen molar-refractivity contribution in [3.8, 4) is 0 Å². The minimum atomic E-state index is -0.904. The van der Waals surface area contributed by atoms with Gasteiger partial charge in [0.25, 0.3) is 0 Å². The van der Waals surface area contributed by atoms with Gasteiger partial charge in [-0.2, -0.15) is 0 Å². The van der Waals surface area contributed by atoms with Crippen molar-refractivity contribution in [1.29, 1.82) is 0 Å². The summed E-state index contributed by atoms with van der Waals surface area (Å²) in [5.41, 5.74) is 0. The second-order valence-electron chi connectivity index (χ2n) is 6.13. The molecule has 0 atom stereocenters. The molecule has 0 aromatic rings. The van der Waals surface area contributed by atoms with Gasteiger partial charge in [0.05, 0.1) is 26.2 Å². The highest BCUT2D eigenvalue weighted by Gasteiger charge is 2.24. The molecule has 0 aliphatic carbocycles. The number of carboxylic acid groups (broad SMARTS) is 1. The third-order valence-corrected chi connectivity index (χ3v) is 4.22. The van der Waals surface area contributed by atoms with Crippen molar-refractivity contribution in [2.24, 2.45) is 0 Å². The first-order valence-electron chi connectivity index (χ1n) is 8.65. The molecule has 3 nitrogen and oxygen atoms in total. The van der Waals surface area contributed by atoms with Gasteiger partial charge in [-0.05, 0) is 38.5 Å². The number of carbonyl (C=O) groups excluding carboxylic acids is 1. The van der Waals surface area contributed by atoms with Gasteiger partial charge in [-0.1, -0.05) is 40.0 Å². The summed E-state index contributed by atoms with van der Waals surface area (Å²) in [5.74, 6) is -0.904. The van der Waals surface area contributed by atoms with Crippen LogP contribution >= 0.6 is 0 Å². The Balaban J connectivity index is 4.44. The Morgan fingerprint density at radius 2 is 1.15 bits per heavy atom. The maximum Gasteiger partial charge on any atom is 0.0786 e. The fourth-order valence-electron chi connectivity index (χ4n) is 2.87. The van der Waals surface area contributed by atoms with Gasteiger partial charge in [-0.25, -0.2) is 0 Å². The Hall–Kier alpha value is -0.570. The molecule has 0 aliphatic rings. The van der Waals surface area contributed by atoms with Crippen molar-refractivity contribution in [2.45, 2.75) is 78.6 Å². The molecule has 0 fully saturated rings. The first-order valence-corrected chi connectivity index (χ1v) is 8.65. The second kappa shape index (κ2) is 12.2. The van der Waals surface area contributed by atoms with Gasteiger partial charge in [0, 0.05) is 5.97 Å². The smallest absolute Gasteiger partial charge is 0.0786 e. The van der Waals surface area contributed by atoms with Crippen LogP contribution in [0.15, 0.2) is 0 Å². The van der Waals surface area contributed by atoms with Crippen LogP contribution < -0.4 is 5.11 Å². The monoisotopic (exact) mass is 285 g/mol. The molecule has 0 bridgehead atoms. The molecule has 0 spiro atoms. The van der Waals surface area contributed by atoms with Crippen LogP contribution in [0.3, 0.4) is 0 Å². The molecule has 0 unspecified atom stereocenters. The average Bonchev–Trinajstić information content (AvgIpc) is 2.44. The molecule has 0 aliphatic heterocycles. The fourth-order valence-corrected chi connectivity index (χ4v) is 2.87. The number of quaternary nitrogens is 1. The quantitative estimate of drug-likeness (QED) is 0.363. The molecular formula is C17H35NO2. The zero-order valence-electron chi connectivity index (χ0n) is 14.0. The average molecular weight is 285 g/mol. The molecule has 0 rings (SSSR count). The summed E-state index contributed by atoms with van der Waals surface area (Å²) < 4.78 is 1.21. The molecule has 0 saturated carbocycles. The Morgan fingerprint density at radius 3 is 1.50 bits per heavy atom. The lowest BCUT2D eigenvalue weighted by molar-refractivity contribution is -0.929. The van der Waals surface area contributed by atoms with Gasteiger partial charge in [-0.15, -0.1) is 0 Å². The van der Waals surface area contributed by atoms with E-state index in [1.165, 1.54) is 62.6 Å². The lowest BCUT2D eigenvalue weighted by Crippen LogP contribution is -2.50. The van der Waals surface area contributed by atoms with Crippen LogP contribution in [0.5, 0.6) is 0 Å². The number of carboxylic acids is 1. The third-order valence-electron chi connectivity index (χ3n) is 4.22. The first kappa shape index (κ1) is 19.4. The summed E-state index contributed by atoms with van der Waals surface area (Å²) in [4.78, 5) is 10.5. The summed E-state index contributed by atoms with van der Waals surface area (Å²) in [7, 11) is 0. The number of unbranched alkanes of at least 4 members (excludes halogenated alkanes) is 4. The van der Waals surface area contributed by atoms with E-state index in [4.69, 9.17) is 0 Å². The normalized spacial score (nSPS) is 11.8. The van der Waals surface area contributed by atoms with Gasteiger partial charge in [0.1, 0.15) is 0 Å². The zero-order chi connectivity index (χ0) is 15.3. The maximum atomic E-state index is 10.5. The maximum absolute atomic E-state index is 10.5. The molecule has 0 N–H and O–H groups in total. The third kappa shape index (κ3) is 9.35. The van der Waals surface area contributed by atoms with Gasteiger partial charge >= 0.3 is 0 Å². The number of aliphatic carboxylic acids is 1. The summed E-state index contributed by atoms with van der Waals surface area (Å²) in [5, 5.41) is 10.5. The van der Waals surface area contributed by atoms with Crippen LogP contribution in [0.25, 0.3) is 0 Å². The van der Waals surface area contributed by atoms with E-state index in [0.717, 1.165) is 19.4 Å². The highest BCUT2D eigenvalue weighted by atomic mass is 16.4. The predicted molar refractivity (Wildman–Crippen MR) is 83.3 cm³/mol. The van der Waals surface area contributed by atoms with Gasteiger partial charge in [-0.3, -0.25) is 0 Å². The van der Waals surface area contributed by atoms with E-state index >= 15 is 0 Å². The number of rotatable bonds is 14. The highest BCUT2D eigenvalue weighted by Crippen LogP contribution is 2.17. The van der Waals surface area contributed by atoms with Crippen molar-refractivity contribution in [3.05, 3.63) is 0 Å². The molecule has 0 saturated heterocycles. The van der Waals surface area contributed by atoms with Crippen molar-refractivity contribution in [2.75, 3.05) is 26.2 Å². The molecule has 3 heteroatoms. The molecule has 0 aromatic carbocycles. The minimum absolute atomic E-state index is 0.218. The van der Waals surface area contributed by atoms with Crippen LogP contribution in [0, 0.1) is 0 Å². The summed E-state index contributed by atoms with van der Waals surface area (Å²) in [6.45, 7) is 11.7. The molecule has 120 valence electrons. The Morgan fingerprint density at radius 1 is 0.750 bits per heavy atom. The molecule has 0 heterocycles. The van der Waals surface area contributed by atoms with E-state index in [1.54, 1.807) is 0 Å². The Bertz CT molecular complexity index is 219. The van der Waals surface area contributed by atoms with E-state index in [2.05, 4.69) is 20.8 Å². The summed E-state index contributed by atoms with van der Waals surface area (Å²) in [6, 6.07) is 0. The highest BCUT2D eigenvalue weighted by molar-refractivity contribution is 5.64. The van der Waals surface area contributed by atoms with Gasteiger partial charge in [0.15, 0.2) is 0 Å². The molecule has 20 heavy (non-hydrogen) atoms. The molecule has 0 aromatic heterocycles. The molecule has 0 amide bonds. The first-order chi connectivity index (χ1) is 9.60. The van der Waals surface area contributed by atoms with E-state index in [-0.39, 0.29) is 6.42 Å². The largest absolute Gasteiger partial charge is 0.550 e. The minimum Gasteiger partial charge on any atom is -0.550 e. The lowest BCUT2D eigenvalue weighted by atomic mass is 10.1. The van der Waals surface area contributed by atoms with Crippen LogP contribution in [0.2, 0.25) is 0 Å². The summed E-state index contributed by atoms with van der Waals surface area (Å²) in [6.07, 6.45) is 9.61. The standard InChI is InChI=1S/C17H35NO2/c1-4-7-13-18(14-8-5-2,15-9-6-3)16-11-10-12-17(19)20/h4-16H2,1-3H3. The van der Waals surface area contributed by atoms with Crippen LogP contribution in [0.1, 0.15) is 78.6 Å². The number of carbonyl (C=O) groups is 1. The predicted octanol–water partition coefficient (Wildman–Crippen LogP) is 3.12. The van der Waals surface area contributed by atoms with E-state index in [0.29, 0.717) is 0 Å². The van der Waals surface area contributed by atoms with Crippen molar-refractivity contribution in [1.82, 2.24) is 0 Å². The zero-order valence-corrected chi connectivity index (χ0v) is 14.0. The van der Waals surface area contributed by atoms with Crippen molar-refractivity contribution in [3.63, 3.8) is 0 Å². The van der Waals surface area contributed by atoms with E-state index in [1.807, 2.05) is 0 Å². The van der Waals surface area contributed by atoms with Crippen LogP contribution in [0.4, 0.5) is 0 Å². The van der Waals surface area contributed by atoms with Crippen molar-refractivity contribution < 1.29 is 14.4 Å². The van der Waals surface area contributed by atoms with Crippen molar-refractivity contribution >= 4 is 5.97 Å². The van der Waals surface area contributed by atoms with E-state index < -0.39 is 5.97 Å². The number of hydrogen-bond donors (Lipinski definition) is 0. The van der Waals surface area contributed by atoms with Crippen LogP contribution in [-0.4, -0.2) is 36.6 Å². The van der Waals surface area contributed by atoms with Gasteiger partial charge < -0.3 is 14.4 Å². The number of nitrogens with zero attached hydrogens (tertiary/aromatic N) is 1. The van der Waals surface area contributed by atoms with E-state index in [9.17, 15) is 9.90 Å². The molecular weight excluding hydrogens is 250 g/mol. The topological polar surface area (TPSA) is 40.1 Å². The van der Waals surface area contributed by atoms with Crippen LogP contribution in [-0.2, 0) is 4.79 Å². The molecule has 0 radical (unpaired) electrons. The second-order valence-corrected chi connectivity index (χ2v) is 6.13. The lowest BCUT2D eigenvalue weighted by Gasteiger charge is -2.39. The van der Waals surface area contributed by atoms with Gasteiger partial charge in [0.2, 0.25) is 0 Å². The Kier molecular flexibility index (Phi) is 11.8. The SMILES string of the molecule is CCCC[N+](CCCC)(CCCC)CCCCC(=O)[O-].